The molecule has 19 heavy (non-hydrogen) atoms. The third kappa shape index (κ3) is 3.28. The third-order valence-electron chi connectivity index (χ3n) is 2.96. The summed E-state index contributed by atoms with van der Waals surface area (Å²) in [7, 11) is 1.90. The lowest BCUT2D eigenvalue weighted by atomic mass is 10.1. The number of benzene rings is 1. The number of ether oxygens (including phenoxy) is 1. The monoisotopic (exact) mass is 279 g/mol. The Morgan fingerprint density at radius 3 is 2.68 bits per heavy atom. The van der Waals surface area contributed by atoms with Gasteiger partial charge < -0.3 is 10.5 Å². The van der Waals surface area contributed by atoms with E-state index in [0.717, 1.165) is 17.0 Å². The van der Waals surface area contributed by atoms with Crippen molar-refractivity contribution in [1.29, 1.82) is 0 Å². The van der Waals surface area contributed by atoms with E-state index >= 15 is 0 Å². The average molecular weight is 280 g/mol. The summed E-state index contributed by atoms with van der Waals surface area (Å²) in [5.41, 5.74) is 8.78. The average Bonchev–Trinajstić information content (AvgIpc) is 2.66. The standard InChI is InChI=1S/C14H18ClN3O/c1-9-6-12(18(3)17-9)8-19-14-5-4-11(10(2)16)7-13(14)15/h4-7,10H,8,16H2,1-3H3. The van der Waals surface area contributed by atoms with Gasteiger partial charge in [0, 0.05) is 13.1 Å². The van der Waals surface area contributed by atoms with Gasteiger partial charge in [-0.25, -0.2) is 0 Å². The third-order valence-corrected chi connectivity index (χ3v) is 3.25. The van der Waals surface area contributed by atoms with Crippen LogP contribution in [0.15, 0.2) is 24.3 Å². The van der Waals surface area contributed by atoms with E-state index in [1.54, 1.807) is 4.68 Å². The van der Waals surface area contributed by atoms with Gasteiger partial charge in [-0.1, -0.05) is 17.7 Å². The van der Waals surface area contributed by atoms with Gasteiger partial charge in [0.15, 0.2) is 0 Å². The van der Waals surface area contributed by atoms with Crippen LogP contribution < -0.4 is 10.5 Å². The van der Waals surface area contributed by atoms with E-state index in [-0.39, 0.29) is 6.04 Å². The van der Waals surface area contributed by atoms with Gasteiger partial charge in [0.1, 0.15) is 12.4 Å². The topological polar surface area (TPSA) is 53.1 Å². The SMILES string of the molecule is Cc1cc(COc2ccc(C(C)N)cc2Cl)n(C)n1. The Morgan fingerprint density at radius 1 is 1.42 bits per heavy atom. The quantitative estimate of drug-likeness (QED) is 0.936. The van der Waals surface area contributed by atoms with Gasteiger partial charge >= 0.3 is 0 Å². The second-order valence-corrected chi connectivity index (χ2v) is 5.08. The maximum absolute atomic E-state index is 6.18. The molecular weight excluding hydrogens is 262 g/mol. The largest absolute Gasteiger partial charge is 0.486 e. The number of hydrogen-bond donors (Lipinski definition) is 1. The van der Waals surface area contributed by atoms with E-state index in [2.05, 4.69) is 5.10 Å². The van der Waals surface area contributed by atoms with Crippen molar-refractivity contribution in [2.45, 2.75) is 26.5 Å². The molecule has 2 rings (SSSR count). The summed E-state index contributed by atoms with van der Waals surface area (Å²) in [5, 5.41) is 4.85. The maximum atomic E-state index is 6.18. The van der Waals surface area contributed by atoms with Crippen LogP contribution in [0, 0.1) is 6.92 Å². The number of nitrogens with zero attached hydrogens (tertiary/aromatic N) is 2. The molecule has 1 heterocycles. The fourth-order valence-corrected chi connectivity index (χ4v) is 2.11. The molecule has 102 valence electrons. The molecule has 0 fully saturated rings. The summed E-state index contributed by atoms with van der Waals surface area (Å²) in [6.45, 7) is 4.31. The Bertz CT molecular complexity index is 578. The zero-order valence-corrected chi connectivity index (χ0v) is 12.1. The van der Waals surface area contributed by atoms with E-state index in [4.69, 9.17) is 22.1 Å². The van der Waals surface area contributed by atoms with Crippen molar-refractivity contribution in [3.05, 3.63) is 46.2 Å². The minimum absolute atomic E-state index is 0.0359. The Morgan fingerprint density at radius 2 is 2.16 bits per heavy atom. The Hall–Kier alpha value is -1.52. The Balaban J connectivity index is 2.10. The van der Waals surface area contributed by atoms with E-state index in [9.17, 15) is 0 Å². The zero-order chi connectivity index (χ0) is 14.0. The van der Waals surface area contributed by atoms with Crippen LogP contribution in [0.4, 0.5) is 0 Å². The molecule has 1 aromatic heterocycles. The van der Waals surface area contributed by atoms with Crippen LogP contribution in [0.5, 0.6) is 5.75 Å². The first-order valence-corrected chi connectivity index (χ1v) is 6.52. The number of nitrogens with two attached hydrogens (primary N) is 1. The van der Waals surface area contributed by atoms with Crippen molar-refractivity contribution in [3.63, 3.8) is 0 Å². The first-order chi connectivity index (χ1) is 8.97. The molecule has 4 nitrogen and oxygen atoms in total. The minimum atomic E-state index is -0.0359. The molecule has 0 amide bonds. The van der Waals surface area contributed by atoms with Gasteiger partial charge in [-0.3, -0.25) is 4.68 Å². The molecule has 2 aromatic rings. The molecule has 0 aliphatic rings. The zero-order valence-electron chi connectivity index (χ0n) is 11.4. The van der Waals surface area contributed by atoms with Gasteiger partial charge in [0.2, 0.25) is 0 Å². The van der Waals surface area contributed by atoms with Crippen LogP contribution in [-0.4, -0.2) is 9.78 Å². The normalized spacial score (nSPS) is 12.5. The van der Waals surface area contributed by atoms with Crippen molar-refractivity contribution in [3.8, 4) is 5.75 Å². The smallest absolute Gasteiger partial charge is 0.138 e. The molecule has 2 N–H and O–H groups in total. The molecule has 0 saturated carbocycles. The molecule has 5 heteroatoms. The number of halogens is 1. The predicted octanol–water partition coefficient (Wildman–Crippen LogP) is 2.98. The van der Waals surface area contributed by atoms with Gasteiger partial charge in [-0.05, 0) is 37.6 Å². The Kier molecular flexibility index (Phi) is 4.12. The van der Waals surface area contributed by atoms with Crippen LogP contribution in [0.1, 0.15) is 29.9 Å². The van der Waals surface area contributed by atoms with Gasteiger partial charge in [-0.2, -0.15) is 5.10 Å². The van der Waals surface area contributed by atoms with Crippen LogP contribution in [-0.2, 0) is 13.7 Å². The molecule has 1 unspecified atom stereocenters. The fraction of sp³-hybridized carbons (Fsp3) is 0.357. The van der Waals surface area contributed by atoms with Gasteiger partial charge in [-0.15, -0.1) is 0 Å². The molecule has 0 radical (unpaired) electrons. The minimum Gasteiger partial charge on any atom is -0.486 e. The lowest BCUT2D eigenvalue weighted by Gasteiger charge is -2.11. The number of hydrogen-bond acceptors (Lipinski definition) is 3. The van der Waals surface area contributed by atoms with Crippen molar-refractivity contribution >= 4 is 11.6 Å². The summed E-state index contributed by atoms with van der Waals surface area (Å²) >= 11 is 6.18. The second-order valence-electron chi connectivity index (χ2n) is 4.67. The highest BCUT2D eigenvalue weighted by Crippen LogP contribution is 2.28. The highest BCUT2D eigenvalue weighted by atomic mass is 35.5. The highest BCUT2D eigenvalue weighted by molar-refractivity contribution is 6.32. The summed E-state index contributed by atoms with van der Waals surface area (Å²) in [5.74, 6) is 0.657. The molecule has 0 spiro atoms. The summed E-state index contributed by atoms with van der Waals surface area (Å²) in [4.78, 5) is 0. The van der Waals surface area contributed by atoms with E-state index < -0.39 is 0 Å². The van der Waals surface area contributed by atoms with Crippen LogP contribution >= 0.6 is 11.6 Å². The fourth-order valence-electron chi connectivity index (χ4n) is 1.87. The van der Waals surface area contributed by atoms with Crippen molar-refractivity contribution in [2.24, 2.45) is 12.8 Å². The first kappa shape index (κ1) is 13.9. The molecule has 1 atom stereocenters. The maximum Gasteiger partial charge on any atom is 0.138 e. The van der Waals surface area contributed by atoms with Crippen LogP contribution in [0.3, 0.4) is 0 Å². The summed E-state index contributed by atoms with van der Waals surface area (Å²) in [6.07, 6.45) is 0. The van der Waals surface area contributed by atoms with Crippen LogP contribution in [0.25, 0.3) is 0 Å². The number of aryl methyl sites for hydroxylation is 2. The molecule has 0 saturated heterocycles. The number of rotatable bonds is 4. The molecular formula is C14H18ClN3O. The van der Waals surface area contributed by atoms with Crippen molar-refractivity contribution < 1.29 is 4.74 Å². The summed E-state index contributed by atoms with van der Waals surface area (Å²) < 4.78 is 7.52. The second kappa shape index (κ2) is 5.63. The Labute approximate surface area is 118 Å². The van der Waals surface area contributed by atoms with E-state index in [0.29, 0.717) is 17.4 Å². The van der Waals surface area contributed by atoms with Crippen LogP contribution in [0.2, 0.25) is 5.02 Å². The van der Waals surface area contributed by atoms with Gasteiger partial charge in [0.05, 0.1) is 16.4 Å². The van der Waals surface area contributed by atoms with E-state index in [1.807, 2.05) is 45.2 Å². The van der Waals surface area contributed by atoms with E-state index in [1.165, 1.54) is 0 Å². The summed E-state index contributed by atoms with van der Waals surface area (Å²) in [6, 6.07) is 7.58. The van der Waals surface area contributed by atoms with Crippen molar-refractivity contribution in [1.82, 2.24) is 9.78 Å². The molecule has 0 aliphatic heterocycles. The molecule has 1 aromatic carbocycles. The first-order valence-electron chi connectivity index (χ1n) is 6.14. The lowest BCUT2D eigenvalue weighted by molar-refractivity contribution is 0.295. The number of aromatic nitrogens is 2. The molecule has 0 bridgehead atoms. The molecule has 0 aliphatic carbocycles. The highest BCUT2D eigenvalue weighted by Gasteiger charge is 2.08. The lowest BCUT2D eigenvalue weighted by Crippen LogP contribution is -2.06. The predicted molar refractivity (Wildman–Crippen MR) is 76.3 cm³/mol. The van der Waals surface area contributed by atoms with Crippen molar-refractivity contribution in [2.75, 3.05) is 0 Å². The van der Waals surface area contributed by atoms with Gasteiger partial charge in [0.25, 0.3) is 0 Å².